The van der Waals surface area contributed by atoms with Gasteiger partial charge in [0.25, 0.3) is 0 Å². The molecule has 1 amide bonds. The van der Waals surface area contributed by atoms with E-state index < -0.39 is 0 Å². The Morgan fingerprint density at radius 3 is 2.47 bits per heavy atom. The molecule has 1 unspecified atom stereocenters. The standard InChI is InChI=1S/C11H13BrCl2N2O/c1-6(2-3-15)11(17)16-10-8(13)4-7(12)5-9(10)14/h4-6H,2-3,15H2,1H3,(H,16,17). The average molecular weight is 340 g/mol. The van der Waals surface area contributed by atoms with Gasteiger partial charge in [-0.3, -0.25) is 4.79 Å². The fraction of sp³-hybridized carbons (Fsp3) is 0.364. The van der Waals surface area contributed by atoms with Gasteiger partial charge in [-0.05, 0) is 25.1 Å². The first kappa shape index (κ1) is 14.8. The summed E-state index contributed by atoms with van der Waals surface area (Å²) >= 11 is 15.3. The third-order valence-electron chi connectivity index (χ3n) is 2.30. The Balaban J connectivity index is 2.85. The van der Waals surface area contributed by atoms with Crippen LogP contribution in [0.3, 0.4) is 0 Å². The van der Waals surface area contributed by atoms with Crippen LogP contribution < -0.4 is 11.1 Å². The second-order valence-electron chi connectivity index (χ2n) is 3.71. The molecule has 0 spiro atoms. The van der Waals surface area contributed by atoms with E-state index in [9.17, 15) is 4.79 Å². The highest BCUT2D eigenvalue weighted by molar-refractivity contribution is 9.10. The van der Waals surface area contributed by atoms with Crippen LogP contribution in [0, 0.1) is 5.92 Å². The third-order valence-corrected chi connectivity index (χ3v) is 3.36. The number of carbonyl (C=O) groups is 1. The molecule has 0 aliphatic heterocycles. The van der Waals surface area contributed by atoms with Crippen LogP contribution in [0.25, 0.3) is 0 Å². The first-order valence-electron chi connectivity index (χ1n) is 5.11. The van der Waals surface area contributed by atoms with E-state index in [0.717, 1.165) is 4.47 Å². The van der Waals surface area contributed by atoms with Gasteiger partial charge in [-0.2, -0.15) is 0 Å². The Bertz CT molecular complexity index is 403. The summed E-state index contributed by atoms with van der Waals surface area (Å²) in [6.07, 6.45) is 0.623. The first-order chi connectivity index (χ1) is 7.95. The van der Waals surface area contributed by atoms with E-state index in [0.29, 0.717) is 28.7 Å². The molecule has 0 bridgehead atoms. The monoisotopic (exact) mass is 338 g/mol. The largest absolute Gasteiger partial charge is 0.330 e. The molecule has 1 rings (SSSR count). The molecule has 0 aliphatic carbocycles. The molecule has 0 heterocycles. The lowest BCUT2D eigenvalue weighted by Gasteiger charge is -2.13. The van der Waals surface area contributed by atoms with Crippen molar-refractivity contribution in [2.24, 2.45) is 11.7 Å². The van der Waals surface area contributed by atoms with Crippen molar-refractivity contribution in [3.8, 4) is 0 Å². The average Bonchev–Trinajstić information content (AvgIpc) is 2.23. The highest BCUT2D eigenvalue weighted by Crippen LogP contribution is 2.34. The van der Waals surface area contributed by atoms with E-state index in [2.05, 4.69) is 21.2 Å². The third kappa shape index (κ3) is 4.14. The van der Waals surface area contributed by atoms with Gasteiger partial charge in [0.1, 0.15) is 0 Å². The summed E-state index contributed by atoms with van der Waals surface area (Å²) in [6.45, 7) is 2.28. The molecule has 1 aromatic rings. The number of amides is 1. The fourth-order valence-corrected chi connectivity index (χ4v) is 2.59. The van der Waals surface area contributed by atoms with E-state index >= 15 is 0 Å². The Hall–Kier alpha value is -0.290. The van der Waals surface area contributed by atoms with Crippen LogP contribution in [0.5, 0.6) is 0 Å². The summed E-state index contributed by atoms with van der Waals surface area (Å²) in [5.41, 5.74) is 5.84. The van der Waals surface area contributed by atoms with E-state index in [-0.39, 0.29) is 11.8 Å². The van der Waals surface area contributed by atoms with Gasteiger partial charge in [0.15, 0.2) is 0 Å². The number of anilines is 1. The maximum atomic E-state index is 11.8. The predicted molar refractivity (Wildman–Crippen MR) is 75.6 cm³/mol. The normalized spacial score (nSPS) is 12.3. The predicted octanol–water partition coefficient (Wildman–Crippen LogP) is 3.68. The van der Waals surface area contributed by atoms with Crippen LogP contribution >= 0.6 is 39.1 Å². The molecule has 3 N–H and O–H groups in total. The SMILES string of the molecule is CC(CCN)C(=O)Nc1c(Cl)cc(Br)cc1Cl. The van der Waals surface area contributed by atoms with Crippen molar-refractivity contribution in [2.45, 2.75) is 13.3 Å². The van der Waals surface area contributed by atoms with E-state index in [4.69, 9.17) is 28.9 Å². The van der Waals surface area contributed by atoms with E-state index in [1.807, 2.05) is 6.92 Å². The highest BCUT2D eigenvalue weighted by Gasteiger charge is 2.15. The molecule has 0 saturated carbocycles. The van der Waals surface area contributed by atoms with Crippen molar-refractivity contribution in [3.05, 3.63) is 26.7 Å². The Morgan fingerprint density at radius 2 is 2.00 bits per heavy atom. The highest BCUT2D eigenvalue weighted by atomic mass is 79.9. The molecule has 0 saturated heterocycles. The number of hydrogen-bond acceptors (Lipinski definition) is 2. The number of nitrogens with two attached hydrogens (primary N) is 1. The molecule has 0 radical (unpaired) electrons. The number of hydrogen-bond donors (Lipinski definition) is 2. The second-order valence-corrected chi connectivity index (χ2v) is 5.44. The van der Waals surface area contributed by atoms with Crippen LogP contribution in [-0.4, -0.2) is 12.5 Å². The second kappa shape index (κ2) is 6.59. The Kier molecular flexibility index (Phi) is 5.73. The first-order valence-corrected chi connectivity index (χ1v) is 6.66. The van der Waals surface area contributed by atoms with Gasteiger partial charge >= 0.3 is 0 Å². The van der Waals surface area contributed by atoms with Gasteiger partial charge in [-0.25, -0.2) is 0 Å². The molecule has 0 aliphatic rings. The Morgan fingerprint density at radius 1 is 1.47 bits per heavy atom. The van der Waals surface area contributed by atoms with Crippen molar-refractivity contribution < 1.29 is 4.79 Å². The summed E-state index contributed by atoms with van der Waals surface area (Å²) < 4.78 is 0.764. The fourth-order valence-electron chi connectivity index (χ4n) is 1.29. The summed E-state index contributed by atoms with van der Waals surface area (Å²) in [4.78, 5) is 11.8. The van der Waals surface area contributed by atoms with Crippen LogP contribution in [0.4, 0.5) is 5.69 Å². The summed E-state index contributed by atoms with van der Waals surface area (Å²) in [6, 6.07) is 3.35. The molecule has 17 heavy (non-hydrogen) atoms. The van der Waals surface area contributed by atoms with Gasteiger partial charge in [-0.15, -0.1) is 0 Å². The van der Waals surface area contributed by atoms with Gasteiger partial charge < -0.3 is 11.1 Å². The molecule has 94 valence electrons. The number of halogens is 3. The molecular formula is C11H13BrCl2N2O. The topological polar surface area (TPSA) is 55.1 Å². The van der Waals surface area contributed by atoms with Gasteiger partial charge in [0, 0.05) is 10.4 Å². The summed E-state index contributed by atoms with van der Waals surface area (Å²) in [7, 11) is 0. The van der Waals surface area contributed by atoms with Crippen LogP contribution in [-0.2, 0) is 4.79 Å². The summed E-state index contributed by atoms with van der Waals surface area (Å²) in [5.74, 6) is -0.308. The van der Waals surface area contributed by atoms with Crippen molar-refractivity contribution in [1.82, 2.24) is 0 Å². The minimum Gasteiger partial charge on any atom is -0.330 e. The zero-order valence-electron chi connectivity index (χ0n) is 9.27. The summed E-state index contributed by atoms with van der Waals surface area (Å²) in [5, 5.41) is 3.51. The maximum absolute atomic E-state index is 11.8. The molecule has 1 atom stereocenters. The van der Waals surface area contributed by atoms with Crippen molar-refractivity contribution >= 4 is 50.7 Å². The molecule has 6 heteroatoms. The maximum Gasteiger partial charge on any atom is 0.227 e. The number of carbonyl (C=O) groups excluding carboxylic acids is 1. The molecule has 3 nitrogen and oxygen atoms in total. The quantitative estimate of drug-likeness (QED) is 0.879. The lowest BCUT2D eigenvalue weighted by Crippen LogP contribution is -2.23. The number of benzene rings is 1. The van der Waals surface area contributed by atoms with E-state index in [1.54, 1.807) is 12.1 Å². The van der Waals surface area contributed by atoms with E-state index in [1.165, 1.54) is 0 Å². The molecule has 1 aromatic carbocycles. The smallest absolute Gasteiger partial charge is 0.227 e. The number of nitrogens with one attached hydrogen (secondary N) is 1. The minimum absolute atomic E-state index is 0.137. The van der Waals surface area contributed by atoms with Crippen molar-refractivity contribution in [3.63, 3.8) is 0 Å². The van der Waals surface area contributed by atoms with Crippen LogP contribution in [0.15, 0.2) is 16.6 Å². The lowest BCUT2D eigenvalue weighted by molar-refractivity contribution is -0.119. The van der Waals surface area contributed by atoms with Crippen molar-refractivity contribution in [2.75, 3.05) is 11.9 Å². The zero-order valence-corrected chi connectivity index (χ0v) is 12.4. The van der Waals surface area contributed by atoms with Crippen LogP contribution in [0.2, 0.25) is 10.0 Å². The van der Waals surface area contributed by atoms with Gasteiger partial charge in [0.2, 0.25) is 5.91 Å². The van der Waals surface area contributed by atoms with Gasteiger partial charge in [-0.1, -0.05) is 46.1 Å². The van der Waals surface area contributed by atoms with Crippen LogP contribution in [0.1, 0.15) is 13.3 Å². The number of rotatable bonds is 4. The zero-order chi connectivity index (χ0) is 13.0. The molecule has 0 fully saturated rings. The van der Waals surface area contributed by atoms with Crippen molar-refractivity contribution in [1.29, 1.82) is 0 Å². The van der Waals surface area contributed by atoms with Gasteiger partial charge in [0.05, 0.1) is 15.7 Å². The Labute approximate surface area is 119 Å². The molecule has 0 aromatic heterocycles. The molecular weight excluding hydrogens is 327 g/mol. The lowest BCUT2D eigenvalue weighted by atomic mass is 10.1. The minimum atomic E-state index is -0.171.